The number of nitrogens with one attached hydrogen (secondary N) is 1. The Hall–Kier alpha value is -0.130. The Balaban J connectivity index is 2.48. The van der Waals surface area contributed by atoms with Gasteiger partial charge >= 0.3 is 0 Å². The molecule has 0 aromatic rings. The van der Waals surface area contributed by atoms with Crippen LogP contribution in [0.15, 0.2) is 0 Å². The van der Waals surface area contributed by atoms with E-state index in [1.54, 1.807) is 6.92 Å². The van der Waals surface area contributed by atoms with Gasteiger partial charge < -0.3 is 4.90 Å². The quantitative estimate of drug-likeness (QED) is 0.749. The summed E-state index contributed by atoms with van der Waals surface area (Å²) >= 11 is 0. The molecular formula is C9H20N2O2S. The van der Waals surface area contributed by atoms with Gasteiger partial charge in [0, 0.05) is 12.1 Å². The maximum Gasteiger partial charge on any atom is 0.211 e. The molecule has 1 fully saturated rings. The fourth-order valence-corrected chi connectivity index (χ4v) is 2.62. The number of likely N-dealkylation sites (tertiary alicyclic amines) is 1. The van der Waals surface area contributed by atoms with Gasteiger partial charge in [0.05, 0.1) is 5.75 Å². The molecule has 14 heavy (non-hydrogen) atoms. The van der Waals surface area contributed by atoms with Crippen molar-refractivity contribution in [3.63, 3.8) is 0 Å². The average Bonchev–Trinajstić information content (AvgIpc) is 2.11. The molecule has 0 radical (unpaired) electrons. The normalized spacial score (nSPS) is 30.5. The molecule has 1 saturated heterocycles. The standard InChI is InChI=1S/C9H20N2O2S/c1-4-14(12,13)10-9-5-6-11(3)8(2)7-9/h8-10H,4-7H2,1-3H3. The lowest BCUT2D eigenvalue weighted by atomic mass is 10.0. The largest absolute Gasteiger partial charge is 0.304 e. The molecule has 0 aliphatic carbocycles. The number of nitrogens with zero attached hydrogens (tertiary/aromatic N) is 1. The van der Waals surface area contributed by atoms with Crippen LogP contribution in [0.25, 0.3) is 0 Å². The predicted molar refractivity (Wildman–Crippen MR) is 57.7 cm³/mol. The minimum absolute atomic E-state index is 0.131. The highest BCUT2D eigenvalue weighted by Crippen LogP contribution is 2.15. The predicted octanol–water partition coefficient (Wildman–Crippen LogP) is 0.408. The molecule has 2 atom stereocenters. The van der Waals surface area contributed by atoms with Gasteiger partial charge in [-0.1, -0.05) is 0 Å². The fourth-order valence-electron chi connectivity index (χ4n) is 1.73. The van der Waals surface area contributed by atoms with Gasteiger partial charge in [0.15, 0.2) is 0 Å². The third-order valence-electron chi connectivity index (χ3n) is 2.93. The second-order valence-corrected chi connectivity index (χ2v) is 6.11. The molecule has 1 rings (SSSR count). The Bertz CT molecular complexity index is 277. The first-order valence-electron chi connectivity index (χ1n) is 5.15. The number of piperidine rings is 1. The molecule has 1 aliphatic heterocycles. The van der Waals surface area contributed by atoms with Crippen molar-refractivity contribution in [2.45, 2.75) is 38.8 Å². The van der Waals surface area contributed by atoms with E-state index in [2.05, 4.69) is 23.6 Å². The second-order valence-electron chi connectivity index (χ2n) is 4.07. The van der Waals surface area contributed by atoms with Crippen LogP contribution in [0.3, 0.4) is 0 Å². The van der Waals surface area contributed by atoms with E-state index in [4.69, 9.17) is 0 Å². The minimum atomic E-state index is -3.03. The topological polar surface area (TPSA) is 49.4 Å². The summed E-state index contributed by atoms with van der Waals surface area (Å²) in [6, 6.07) is 0.597. The van der Waals surface area contributed by atoms with E-state index in [1.807, 2.05) is 0 Å². The molecule has 5 heteroatoms. The molecule has 1 heterocycles. The zero-order chi connectivity index (χ0) is 10.8. The lowest BCUT2D eigenvalue weighted by Gasteiger charge is -2.35. The Morgan fingerprint density at radius 1 is 1.50 bits per heavy atom. The van der Waals surface area contributed by atoms with Gasteiger partial charge in [0.1, 0.15) is 0 Å². The minimum Gasteiger partial charge on any atom is -0.304 e. The molecular weight excluding hydrogens is 200 g/mol. The Kier molecular flexibility index (Phi) is 3.92. The van der Waals surface area contributed by atoms with Crippen LogP contribution in [0.2, 0.25) is 0 Å². The maximum atomic E-state index is 11.3. The molecule has 1 aliphatic rings. The van der Waals surface area contributed by atoms with E-state index < -0.39 is 10.0 Å². The van der Waals surface area contributed by atoms with Gasteiger partial charge in [-0.25, -0.2) is 13.1 Å². The molecule has 0 bridgehead atoms. The Morgan fingerprint density at radius 2 is 2.14 bits per heavy atom. The van der Waals surface area contributed by atoms with Crippen molar-refractivity contribution in [1.82, 2.24) is 9.62 Å². The molecule has 1 N–H and O–H groups in total. The zero-order valence-corrected chi connectivity index (χ0v) is 9.97. The van der Waals surface area contributed by atoms with Crippen molar-refractivity contribution in [3.05, 3.63) is 0 Å². The summed E-state index contributed by atoms with van der Waals surface area (Å²) in [7, 11) is -0.950. The van der Waals surface area contributed by atoms with Crippen LogP contribution in [-0.4, -0.2) is 44.7 Å². The smallest absolute Gasteiger partial charge is 0.211 e. The van der Waals surface area contributed by atoms with Crippen molar-refractivity contribution >= 4 is 10.0 Å². The summed E-state index contributed by atoms with van der Waals surface area (Å²) < 4.78 is 25.4. The first-order valence-corrected chi connectivity index (χ1v) is 6.80. The van der Waals surface area contributed by atoms with Crippen molar-refractivity contribution in [3.8, 4) is 0 Å². The monoisotopic (exact) mass is 220 g/mol. The zero-order valence-electron chi connectivity index (χ0n) is 9.16. The fraction of sp³-hybridized carbons (Fsp3) is 1.00. The number of hydrogen-bond donors (Lipinski definition) is 1. The molecule has 0 aromatic carbocycles. The number of rotatable bonds is 3. The van der Waals surface area contributed by atoms with Crippen LogP contribution in [0.1, 0.15) is 26.7 Å². The first kappa shape index (κ1) is 11.9. The highest BCUT2D eigenvalue weighted by Gasteiger charge is 2.25. The van der Waals surface area contributed by atoms with Gasteiger partial charge in [-0.3, -0.25) is 0 Å². The van der Waals surface area contributed by atoms with Gasteiger partial charge in [0.2, 0.25) is 10.0 Å². The van der Waals surface area contributed by atoms with E-state index in [1.165, 1.54) is 0 Å². The summed E-state index contributed by atoms with van der Waals surface area (Å²) in [5.41, 5.74) is 0. The lowest BCUT2D eigenvalue weighted by Crippen LogP contribution is -2.47. The van der Waals surface area contributed by atoms with Gasteiger partial charge in [-0.05, 0) is 40.3 Å². The van der Waals surface area contributed by atoms with Gasteiger partial charge in [0.25, 0.3) is 0 Å². The Labute approximate surface area is 86.7 Å². The maximum absolute atomic E-state index is 11.3. The molecule has 84 valence electrons. The van der Waals surface area contributed by atoms with Gasteiger partial charge in [-0.15, -0.1) is 0 Å². The van der Waals surface area contributed by atoms with Crippen molar-refractivity contribution in [2.24, 2.45) is 0 Å². The van der Waals surface area contributed by atoms with E-state index in [9.17, 15) is 8.42 Å². The summed E-state index contributed by atoms with van der Waals surface area (Å²) in [6.07, 6.45) is 1.83. The summed E-state index contributed by atoms with van der Waals surface area (Å²) in [5.74, 6) is 0.174. The van der Waals surface area contributed by atoms with Crippen molar-refractivity contribution < 1.29 is 8.42 Å². The number of sulfonamides is 1. The first-order chi connectivity index (χ1) is 6.44. The summed E-state index contributed by atoms with van der Waals surface area (Å²) in [4.78, 5) is 2.26. The van der Waals surface area contributed by atoms with Crippen LogP contribution < -0.4 is 4.72 Å². The third kappa shape index (κ3) is 3.22. The molecule has 0 amide bonds. The molecule has 0 saturated carbocycles. The van der Waals surface area contributed by atoms with Crippen LogP contribution in [0, 0.1) is 0 Å². The van der Waals surface area contributed by atoms with Crippen LogP contribution in [-0.2, 0) is 10.0 Å². The molecule has 4 nitrogen and oxygen atoms in total. The Morgan fingerprint density at radius 3 is 2.64 bits per heavy atom. The van der Waals surface area contributed by atoms with Crippen molar-refractivity contribution in [2.75, 3.05) is 19.3 Å². The SMILES string of the molecule is CCS(=O)(=O)NC1CCN(C)C(C)C1. The average molecular weight is 220 g/mol. The highest BCUT2D eigenvalue weighted by atomic mass is 32.2. The van der Waals surface area contributed by atoms with Crippen LogP contribution in [0.4, 0.5) is 0 Å². The third-order valence-corrected chi connectivity index (χ3v) is 4.39. The van der Waals surface area contributed by atoms with E-state index in [0.29, 0.717) is 6.04 Å². The van der Waals surface area contributed by atoms with Crippen molar-refractivity contribution in [1.29, 1.82) is 0 Å². The lowest BCUT2D eigenvalue weighted by molar-refractivity contribution is 0.178. The highest BCUT2D eigenvalue weighted by molar-refractivity contribution is 7.89. The van der Waals surface area contributed by atoms with E-state index >= 15 is 0 Å². The van der Waals surface area contributed by atoms with Crippen LogP contribution >= 0.6 is 0 Å². The van der Waals surface area contributed by atoms with E-state index in [-0.39, 0.29) is 11.8 Å². The van der Waals surface area contributed by atoms with Crippen LogP contribution in [0.5, 0.6) is 0 Å². The molecule has 2 unspecified atom stereocenters. The second kappa shape index (κ2) is 4.59. The summed E-state index contributed by atoms with van der Waals surface area (Å²) in [6.45, 7) is 4.77. The van der Waals surface area contributed by atoms with E-state index in [0.717, 1.165) is 19.4 Å². The molecule has 0 spiro atoms. The summed E-state index contributed by atoms with van der Waals surface area (Å²) in [5, 5.41) is 0. The molecule has 0 aromatic heterocycles. The van der Waals surface area contributed by atoms with Gasteiger partial charge in [-0.2, -0.15) is 0 Å². The number of hydrogen-bond acceptors (Lipinski definition) is 3.